The van der Waals surface area contributed by atoms with Gasteiger partial charge in [0.2, 0.25) is 0 Å². The normalized spacial score (nSPS) is 10.5. The van der Waals surface area contributed by atoms with E-state index in [-0.39, 0.29) is 0 Å². The molecule has 8 heavy (non-hydrogen) atoms. The molecule has 0 rings (SSSR count). The van der Waals surface area contributed by atoms with Crippen LogP contribution in [-0.4, -0.2) is 18.1 Å². The van der Waals surface area contributed by atoms with Crippen molar-refractivity contribution in [2.45, 2.75) is 13.8 Å². The second-order valence-corrected chi connectivity index (χ2v) is 2.07. The molecule has 3 nitrogen and oxygen atoms in total. The van der Waals surface area contributed by atoms with Crippen LogP contribution in [0.2, 0.25) is 0 Å². The fourth-order valence-electron chi connectivity index (χ4n) is 0.258. The summed E-state index contributed by atoms with van der Waals surface area (Å²) in [5.41, 5.74) is 0. The minimum absolute atomic E-state index is 0.502. The third-order valence-electron chi connectivity index (χ3n) is 0.479. The van der Waals surface area contributed by atoms with Gasteiger partial charge in [0.05, 0.1) is 13.2 Å². The van der Waals surface area contributed by atoms with Crippen molar-refractivity contribution < 1.29 is 13.9 Å². The molecule has 0 aromatic heterocycles. The summed E-state index contributed by atoms with van der Waals surface area (Å²) in [7, 11) is -1.58. The van der Waals surface area contributed by atoms with E-state index in [1.807, 2.05) is 13.8 Å². The summed E-state index contributed by atoms with van der Waals surface area (Å²) in [5.74, 6) is 0. The number of hydrogen-bond donors (Lipinski definition) is 1. The zero-order chi connectivity index (χ0) is 6.41. The van der Waals surface area contributed by atoms with Crippen LogP contribution in [0.25, 0.3) is 0 Å². The molecule has 0 bridgehead atoms. The summed E-state index contributed by atoms with van der Waals surface area (Å²) in [6.45, 7) is 4.62. The average Bonchev–Trinajstić information content (AvgIpc) is 1.68. The van der Waals surface area contributed by atoms with Gasteiger partial charge in [0, 0.05) is 0 Å². The van der Waals surface area contributed by atoms with Crippen LogP contribution in [0.3, 0.4) is 0 Å². The van der Waals surface area contributed by atoms with Gasteiger partial charge >= 0.3 is 8.60 Å². The van der Waals surface area contributed by atoms with Crippen molar-refractivity contribution in [3.05, 3.63) is 0 Å². The van der Waals surface area contributed by atoms with E-state index in [1.165, 1.54) is 0 Å². The Kier molecular flexibility index (Phi) is 5.66. The summed E-state index contributed by atoms with van der Waals surface area (Å²) < 4.78 is 9.36. The van der Waals surface area contributed by atoms with Crippen molar-refractivity contribution in [1.82, 2.24) is 0 Å². The zero-order valence-electron chi connectivity index (χ0n) is 5.13. The van der Waals surface area contributed by atoms with Gasteiger partial charge < -0.3 is 13.9 Å². The molecule has 0 saturated carbocycles. The first-order valence-electron chi connectivity index (χ1n) is 2.56. The molecule has 0 spiro atoms. The molecular formula is C4H11O3P. The van der Waals surface area contributed by atoms with Crippen LogP contribution < -0.4 is 0 Å². The highest BCUT2D eigenvalue weighted by atomic mass is 31.2. The monoisotopic (exact) mass is 140 g/mol. The van der Waals surface area contributed by atoms with Crippen molar-refractivity contribution in [2.75, 3.05) is 13.2 Å². The molecule has 4 heteroatoms. The van der Waals surface area contributed by atoms with Gasteiger partial charge in [-0.25, -0.2) is 0 Å². The van der Waals surface area contributed by atoms with Crippen LogP contribution in [0.1, 0.15) is 13.8 Å². The van der Waals surface area contributed by atoms with Crippen LogP contribution in [0.5, 0.6) is 0 Å². The highest BCUT2D eigenvalue weighted by Crippen LogP contribution is 2.31. The van der Waals surface area contributed by atoms with Gasteiger partial charge in [0.25, 0.3) is 0 Å². The minimum atomic E-state index is -1.58. The van der Waals surface area contributed by atoms with Gasteiger partial charge in [0.15, 0.2) is 0 Å². The Morgan fingerprint density at radius 1 is 1.25 bits per heavy atom. The number of rotatable bonds is 4. The van der Waals surface area contributed by atoms with Crippen molar-refractivity contribution in [1.29, 1.82) is 0 Å². The van der Waals surface area contributed by atoms with Gasteiger partial charge in [-0.2, -0.15) is 0 Å². The van der Waals surface area contributed by atoms with E-state index < -0.39 is 8.60 Å². The predicted molar refractivity (Wildman–Crippen MR) is 32.4 cm³/mol. The Morgan fingerprint density at radius 2 is 1.62 bits per heavy atom. The third-order valence-corrected chi connectivity index (χ3v) is 1.44. The second-order valence-electron chi connectivity index (χ2n) is 1.07. The molecule has 0 amide bonds. The molecule has 1 N–H and O–H groups in total. The Morgan fingerprint density at radius 3 is 1.88 bits per heavy atom. The van der Waals surface area contributed by atoms with Crippen LogP contribution >= 0.6 is 8.60 Å². The Balaban J connectivity index is 2.92. The molecule has 50 valence electrons. The Bertz CT molecular complexity index is 44.5. The maximum absolute atomic E-state index is 8.67. The molecule has 0 aromatic carbocycles. The number of hydrogen-bond acceptors (Lipinski definition) is 3. The lowest BCUT2D eigenvalue weighted by atomic mass is 11.3. The van der Waals surface area contributed by atoms with Crippen LogP contribution in [-0.2, 0) is 9.05 Å². The standard InChI is InChI=1S/C4H11O3P/c1-3-6-8(5)7-4-2/h5H,3-4H2,1-2H3/i3+1,4+1. The van der Waals surface area contributed by atoms with Gasteiger partial charge in [-0.1, -0.05) is 0 Å². The van der Waals surface area contributed by atoms with Gasteiger partial charge in [-0.05, 0) is 13.8 Å². The lowest BCUT2D eigenvalue weighted by molar-refractivity contribution is 0.216. The van der Waals surface area contributed by atoms with E-state index >= 15 is 0 Å². The quantitative estimate of drug-likeness (QED) is 0.472. The van der Waals surface area contributed by atoms with E-state index in [4.69, 9.17) is 4.89 Å². The smallest absolute Gasteiger partial charge is 0.328 e. The van der Waals surface area contributed by atoms with Crippen LogP contribution in [0.15, 0.2) is 0 Å². The van der Waals surface area contributed by atoms with Crippen molar-refractivity contribution >= 4 is 8.60 Å². The van der Waals surface area contributed by atoms with Crippen molar-refractivity contribution in [2.24, 2.45) is 0 Å². The second kappa shape index (κ2) is 5.45. The largest absolute Gasteiger partial charge is 0.329 e. The summed E-state index contributed by atoms with van der Waals surface area (Å²) in [5, 5.41) is 0. The fourth-order valence-corrected chi connectivity index (χ4v) is 0.774. The van der Waals surface area contributed by atoms with E-state index in [2.05, 4.69) is 9.05 Å². The molecule has 0 aliphatic heterocycles. The average molecular weight is 140 g/mol. The third kappa shape index (κ3) is 4.47. The molecule has 0 atom stereocenters. The predicted octanol–water partition coefficient (Wildman–Crippen LogP) is 1.28. The van der Waals surface area contributed by atoms with Gasteiger partial charge in [0.1, 0.15) is 0 Å². The van der Waals surface area contributed by atoms with Crippen LogP contribution in [0, 0.1) is 0 Å². The molecule has 0 saturated heterocycles. The molecule has 0 radical (unpaired) electrons. The highest BCUT2D eigenvalue weighted by Gasteiger charge is 2.00. The summed E-state index contributed by atoms with van der Waals surface area (Å²) in [4.78, 5) is 8.67. The minimum Gasteiger partial charge on any atom is -0.328 e. The topological polar surface area (TPSA) is 38.7 Å². The lowest BCUT2D eigenvalue weighted by Crippen LogP contribution is -1.87. The summed E-state index contributed by atoms with van der Waals surface area (Å²) >= 11 is 0. The molecule has 0 aromatic rings. The maximum atomic E-state index is 8.67. The first-order valence-corrected chi connectivity index (χ1v) is 3.69. The highest BCUT2D eigenvalue weighted by molar-refractivity contribution is 7.40. The molecule has 0 aliphatic rings. The van der Waals surface area contributed by atoms with E-state index in [1.54, 1.807) is 0 Å². The van der Waals surface area contributed by atoms with E-state index in [0.717, 1.165) is 0 Å². The SMILES string of the molecule is C[13CH2]OP(O)O[13CH2]C. The maximum Gasteiger partial charge on any atom is 0.329 e. The lowest BCUT2D eigenvalue weighted by Gasteiger charge is -2.05. The molecule has 0 heterocycles. The molecule has 0 fully saturated rings. The summed E-state index contributed by atoms with van der Waals surface area (Å²) in [6.07, 6.45) is 0. The van der Waals surface area contributed by atoms with E-state index in [9.17, 15) is 0 Å². The zero-order valence-corrected chi connectivity index (χ0v) is 6.02. The van der Waals surface area contributed by atoms with Gasteiger partial charge in [-0.3, -0.25) is 0 Å². The van der Waals surface area contributed by atoms with Gasteiger partial charge in [-0.15, -0.1) is 0 Å². The van der Waals surface area contributed by atoms with Crippen molar-refractivity contribution in [3.63, 3.8) is 0 Å². The molecule has 0 aliphatic carbocycles. The molecular weight excluding hydrogens is 129 g/mol. The van der Waals surface area contributed by atoms with E-state index in [0.29, 0.717) is 13.2 Å². The fraction of sp³-hybridized carbons (Fsp3) is 1.00. The Hall–Kier alpha value is 0.310. The first-order chi connectivity index (χ1) is 3.81. The first kappa shape index (κ1) is 8.31. The van der Waals surface area contributed by atoms with Crippen molar-refractivity contribution in [3.8, 4) is 0 Å². The molecule has 0 unspecified atom stereocenters. The summed E-state index contributed by atoms with van der Waals surface area (Å²) in [6, 6.07) is 0. The Labute approximate surface area is 50.6 Å². The van der Waals surface area contributed by atoms with Crippen LogP contribution in [0.4, 0.5) is 0 Å².